The largest absolute Gasteiger partial charge is 0.385 e. The van der Waals surface area contributed by atoms with E-state index >= 15 is 0 Å². The van der Waals surface area contributed by atoms with Gasteiger partial charge in [0.15, 0.2) is 0 Å². The summed E-state index contributed by atoms with van der Waals surface area (Å²) in [6, 6.07) is 0. The van der Waals surface area contributed by atoms with Crippen molar-refractivity contribution in [3.05, 3.63) is 23.4 Å². The first-order valence-electron chi connectivity index (χ1n) is 3.00. The molecule has 1 rings (SSSR count). The Balaban J connectivity index is 2.63. The average Bonchev–Trinajstić information content (AvgIpc) is 1.88. The van der Waals surface area contributed by atoms with Crippen LogP contribution in [0.25, 0.3) is 0 Å². The molecule has 1 aliphatic rings. The van der Waals surface area contributed by atoms with E-state index in [0.29, 0.717) is 0 Å². The lowest BCUT2D eigenvalue weighted by Gasteiger charge is -2.10. The summed E-state index contributed by atoms with van der Waals surface area (Å²) in [6.07, 6.45) is 4.33. The number of alkyl halides is 1. The van der Waals surface area contributed by atoms with Crippen molar-refractivity contribution in [1.29, 1.82) is 0 Å². The zero-order valence-electron chi connectivity index (χ0n) is 5.45. The molecule has 2 heteroatoms. The van der Waals surface area contributed by atoms with Gasteiger partial charge < -0.3 is 5.32 Å². The van der Waals surface area contributed by atoms with Crippen LogP contribution in [0, 0.1) is 0 Å². The number of hydrogen-bond acceptors (Lipinski definition) is 1. The highest BCUT2D eigenvalue weighted by Crippen LogP contribution is 2.07. The lowest BCUT2D eigenvalue weighted by molar-refractivity contribution is 0.881. The van der Waals surface area contributed by atoms with Crippen LogP contribution in [0.15, 0.2) is 23.4 Å². The normalized spacial score (nSPS) is 18.0. The van der Waals surface area contributed by atoms with Crippen molar-refractivity contribution in [2.75, 3.05) is 11.9 Å². The maximum absolute atomic E-state index is 3.40. The zero-order chi connectivity index (χ0) is 6.69. The Labute approximate surface area is 64.0 Å². The van der Waals surface area contributed by atoms with Gasteiger partial charge in [0, 0.05) is 17.6 Å². The number of hydrogen-bond donors (Lipinski definition) is 1. The van der Waals surface area contributed by atoms with Crippen molar-refractivity contribution in [2.45, 2.75) is 6.92 Å². The first kappa shape index (κ1) is 6.87. The minimum absolute atomic E-state index is 0.964. The Kier molecular flexibility index (Phi) is 2.34. The lowest BCUT2D eigenvalue weighted by atomic mass is 10.2. The van der Waals surface area contributed by atoms with Gasteiger partial charge in [0.1, 0.15) is 0 Å². The molecule has 0 aromatic heterocycles. The molecule has 1 heterocycles. The van der Waals surface area contributed by atoms with Crippen LogP contribution in [0.1, 0.15) is 6.92 Å². The average molecular weight is 188 g/mol. The Morgan fingerprint density at radius 1 is 1.78 bits per heavy atom. The molecule has 0 amide bonds. The summed E-state index contributed by atoms with van der Waals surface area (Å²) in [7, 11) is 0. The van der Waals surface area contributed by atoms with Gasteiger partial charge in [0.2, 0.25) is 0 Å². The molecule has 0 radical (unpaired) electrons. The summed E-state index contributed by atoms with van der Waals surface area (Å²) in [6.45, 7) is 3.05. The minimum Gasteiger partial charge on any atom is -0.385 e. The molecule has 1 aliphatic heterocycles. The monoisotopic (exact) mass is 187 g/mol. The third-order valence-electron chi connectivity index (χ3n) is 1.30. The van der Waals surface area contributed by atoms with Gasteiger partial charge in [-0.3, -0.25) is 0 Å². The van der Waals surface area contributed by atoms with Gasteiger partial charge in [0.25, 0.3) is 0 Å². The van der Waals surface area contributed by atoms with E-state index < -0.39 is 0 Å². The van der Waals surface area contributed by atoms with Gasteiger partial charge in [-0.2, -0.15) is 0 Å². The van der Waals surface area contributed by atoms with Crippen LogP contribution in [0.3, 0.4) is 0 Å². The summed E-state index contributed by atoms with van der Waals surface area (Å²) < 4.78 is 0. The topological polar surface area (TPSA) is 12.0 Å². The van der Waals surface area contributed by atoms with E-state index in [4.69, 9.17) is 0 Å². The molecule has 0 unspecified atom stereocenters. The highest BCUT2D eigenvalue weighted by Gasteiger charge is 1.96. The van der Waals surface area contributed by atoms with E-state index in [2.05, 4.69) is 40.3 Å². The second-order valence-corrected chi connectivity index (χ2v) is 2.68. The molecule has 1 N–H and O–H groups in total. The molecule has 0 atom stereocenters. The van der Waals surface area contributed by atoms with Gasteiger partial charge >= 0.3 is 0 Å². The Bertz CT molecular complexity index is 158. The first-order chi connectivity index (χ1) is 4.33. The fraction of sp³-hybridized carbons (Fsp3) is 0.429. The Morgan fingerprint density at radius 3 is 3.00 bits per heavy atom. The molecule has 0 bridgehead atoms. The van der Waals surface area contributed by atoms with Gasteiger partial charge in [-0.25, -0.2) is 0 Å². The maximum Gasteiger partial charge on any atom is 0.0333 e. The molecule has 0 aliphatic carbocycles. The molecule has 50 valence electrons. The quantitative estimate of drug-likeness (QED) is 0.619. The maximum atomic E-state index is 3.40. The van der Waals surface area contributed by atoms with Crippen LogP contribution in [0.2, 0.25) is 0 Å². The standard InChI is InChI=1S/C7H10BrN/c1-6-4-7(5-8)2-3-9-6/h2,4,9H,3,5H2,1H3. The Hall–Kier alpha value is -0.240. The van der Waals surface area contributed by atoms with Gasteiger partial charge in [-0.1, -0.05) is 22.0 Å². The number of dihydropyridines is 1. The summed E-state index contributed by atoms with van der Waals surface area (Å²) >= 11 is 3.40. The third kappa shape index (κ3) is 1.86. The lowest BCUT2D eigenvalue weighted by Crippen LogP contribution is -2.15. The van der Waals surface area contributed by atoms with Crippen LogP contribution in [-0.4, -0.2) is 11.9 Å². The van der Waals surface area contributed by atoms with Crippen molar-refractivity contribution in [2.24, 2.45) is 0 Å². The SMILES string of the molecule is CC1=CC(CBr)=CCN1. The molecule has 0 aromatic carbocycles. The fourth-order valence-corrected chi connectivity index (χ4v) is 1.22. The summed E-state index contributed by atoms with van der Waals surface area (Å²) in [5.74, 6) is 0. The first-order valence-corrected chi connectivity index (χ1v) is 4.12. The molecule has 0 spiro atoms. The van der Waals surface area contributed by atoms with Crippen LogP contribution in [-0.2, 0) is 0 Å². The second kappa shape index (κ2) is 3.06. The molecule has 0 saturated heterocycles. The molecule has 0 aromatic rings. The van der Waals surface area contributed by atoms with Crippen molar-refractivity contribution < 1.29 is 0 Å². The van der Waals surface area contributed by atoms with Crippen molar-refractivity contribution in [3.8, 4) is 0 Å². The number of halogens is 1. The highest BCUT2D eigenvalue weighted by molar-refractivity contribution is 9.09. The van der Waals surface area contributed by atoms with E-state index in [0.717, 1.165) is 11.9 Å². The zero-order valence-corrected chi connectivity index (χ0v) is 7.03. The van der Waals surface area contributed by atoms with Crippen LogP contribution in [0.5, 0.6) is 0 Å². The summed E-state index contributed by atoms with van der Waals surface area (Å²) in [5, 5.41) is 4.17. The summed E-state index contributed by atoms with van der Waals surface area (Å²) in [5.41, 5.74) is 2.62. The van der Waals surface area contributed by atoms with E-state index in [9.17, 15) is 0 Å². The van der Waals surface area contributed by atoms with Crippen molar-refractivity contribution in [1.82, 2.24) is 5.32 Å². The van der Waals surface area contributed by atoms with E-state index in [-0.39, 0.29) is 0 Å². The Morgan fingerprint density at radius 2 is 2.56 bits per heavy atom. The molecular weight excluding hydrogens is 178 g/mol. The van der Waals surface area contributed by atoms with E-state index in [1.165, 1.54) is 11.3 Å². The molecule has 1 nitrogen and oxygen atoms in total. The predicted molar refractivity (Wildman–Crippen MR) is 43.6 cm³/mol. The predicted octanol–water partition coefficient (Wildman–Crippen LogP) is 1.81. The van der Waals surface area contributed by atoms with Crippen molar-refractivity contribution in [3.63, 3.8) is 0 Å². The fourth-order valence-electron chi connectivity index (χ4n) is 0.824. The molecule has 9 heavy (non-hydrogen) atoms. The summed E-state index contributed by atoms with van der Waals surface area (Å²) in [4.78, 5) is 0. The molecule has 0 saturated carbocycles. The van der Waals surface area contributed by atoms with Gasteiger partial charge in [-0.15, -0.1) is 0 Å². The van der Waals surface area contributed by atoms with E-state index in [1.54, 1.807) is 0 Å². The van der Waals surface area contributed by atoms with Gasteiger partial charge in [0.05, 0.1) is 0 Å². The molecule has 0 fully saturated rings. The smallest absolute Gasteiger partial charge is 0.0333 e. The third-order valence-corrected chi connectivity index (χ3v) is 1.95. The number of nitrogens with one attached hydrogen (secondary N) is 1. The van der Waals surface area contributed by atoms with E-state index in [1.807, 2.05) is 0 Å². The second-order valence-electron chi connectivity index (χ2n) is 2.12. The van der Waals surface area contributed by atoms with Crippen LogP contribution >= 0.6 is 15.9 Å². The number of rotatable bonds is 1. The van der Waals surface area contributed by atoms with Crippen LogP contribution in [0.4, 0.5) is 0 Å². The number of allylic oxidation sites excluding steroid dienone is 3. The van der Waals surface area contributed by atoms with Crippen LogP contribution < -0.4 is 5.32 Å². The highest BCUT2D eigenvalue weighted by atomic mass is 79.9. The minimum atomic E-state index is 0.964. The van der Waals surface area contributed by atoms with Crippen molar-refractivity contribution >= 4 is 15.9 Å². The molecular formula is C7H10BrN. The van der Waals surface area contributed by atoms with Gasteiger partial charge in [-0.05, 0) is 18.6 Å².